The summed E-state index contributed by atoms with van der Waals surface area (Å²) in [5.41, 5.74) is 0.819. The number of rotatable bonds is 8. The predicted molar refractivity (Wildman–Crippen MR) is 109 cm³/mol. The summed E-state index contributed by atoms with van der Waals surface area (Å²) in [5.74, 6) is -0.517. The zero-order valence-electron chi connectivity index (χ0n) is 16.6. The van der Waals surface area contributed by atoms with Crippen molar-refractivity contribution in [1.82, 2.24) is 5.32 Å². The quantitative estimate of drug-likeness (QED) is 0.448. The highest BCUT2D eigenvalue weighted by Crippen LogP contribution is 2.25. The molecule has 0 unspecified atom stereocenters. The Morgan fingerprint density at radius 2 is 1.83 bits per heavy atom. The van der Waals surface area contributed by atoms with Gasteiger partial charge in [-0.15, -0.1) is 0 Å². The number of nitrogens with one attached hydrogen (secondary N) is 1. The van der Waals surface area contributed by atoms with Crippen LogP contribution < -0.4 is 20.2 Å². The number of para-hydroxylation sites is 2. The summed E-state index contributed by atoms with van der Waals surface area (Å²) in [7, 11) is 1.54. The smallest absolute Gasteiger partial charge is 0.374 e. The largest absolute Gasteiger partial charge is 0.493 e. The van der Waals surface area contributed by atoms with Crippen LogP contribution in [0.3, 0.4) is 0 Å². The van der Waals surface area contributed by atoms with Gasteiger partial charge in [0.25, 0.3) is 5.91 Å². The van der Waals surface area contributed by atoms with Gasteiger partial charge in [-0.2, -0.15) is 0 Å². The second-order valence-corrected chi connectivity index (χ2v) is 6.40. The molecular formula is C22H21NO7. The molecule has 8 heteroatoms. The highest BCUT2D eigenvalue weighted by atomic mass is 16.5. The van der Waals surface area contributed by atoms with Crippen molar-refractivity contribution in [1.29, 1.82) is 0 Å². The van der Waals surface area contributed by atoms with Gasteiger partial charge >= 0.3 is 5.97 Å². The average Bonchev–Trinajstić information content (AvgIpc) is 2.75. The van der Waals surface area contributed by atoms with E-state index in [1.165, 1.54) is 7.11 Å². The molecule has 0 bridgehead atoms. The van der Waals surface area contributed by atoms with Gasteiger partial charge in [0, 0.05) is 6.07 Å². The summed E-state index contributed by atoms with van der Waals surface area (Å²) in [5, 5.41) is 2.94. The van der Waals surface area contributed by atoms with Crippen LogP contribution in [0.1, 0.15) is 16.1 Å². The molecular weight excluding hydrogens is 390 g/mol. The van der Waals surface area contributed by atoms with Crippen molar-refractivity contribution >= 4 is 22.8 Å². The summed E-state index contributed by atoms with van der Waals surface area (Å²) in [6, 6.07) is 13.3. The van der Waals surface area contributed by atoms with Crippen LogP contribution in [0.2, 0.25) is 0 Å². The van der Waals surface area contributed by atoms with Crippen molar-refractivity contribution < 1.29 is 28.2 Å². The fraction of sp³-hybridized carbons (Fsp3) is 0.227. The third-order valence-electron chi connectivity index (χ3n) is 4.17. The highest BCUT2D eigenvalue weighted by molar-refractivity contribution is 5.90. The monoisotopic (exact) mass is 411 g/mol. The number of carbonyl (C=O) groups excluding carboxylic acids is 2. The molecule has 3 aromatic rings. The standard InChI is InChI=1S/C22H21NO7/c1-14-7-8-17-15(11-14)16(24)12-20(30-17)22(26)29-13-21(25)23-9-10-28-19-6-4-3-5-18(19)27-2/h3-8,11-12H,9-10,13H2,1-2H3,(H,23,25). The second kappa shape index (κ2) is 9.60. The van der Waals surface area contributed by atoms with Gasteiger partial charge < -0.3 is 23.9 Å². The van der Waals surface area contributed by atoms with E-state index >= 15 is 0 Å². The van der Waals surface area contributed by atoms with E-state index in [4.69, 9.17) is 18.6 Å². The van der Waals surface area contributed by atoms with Crippen molar-refractivity contribution in [2.75, 3.05) is 26.9 Å². The van der Waals surface area contributed by atoms with Crippen LogP contribution in [0.4, 0.5) is 0 Å². The number of benzene rings is 2. The van der Waals surface area contributed by atoms with Gasteiger partial charge in [-0.25, -0.2) is 4.79 Å². The van der Waals surface area contributed by atoms with Crippen molar-refractivity contribution in [2.24, 2.45) is 0 Å². The first-order valence-electron chi connectivity index (χ1n) is 9.22. The molecule has 0 aliphatic heterocycles. The number of ether oxygens (including phenoxy) is 3. The average molecular weight is 411 g/mol. The first-order valence-corrected chi connectivity index (χ1v) is 9.22. The topological polar surface area (TPSA) is 104 Å². The molecule has 0 saturated carbocycles. The third-order valence-corrected chi connectivity index (χ3v) is 4.17. The van der Waals surface area contributed by atoms with Crippen LogP contribution >= 0.6 is 0 Å². The molecule has 0 saturated heterocycles. The summed E-state index contributed by atoms with van der Waals surface area (Å²) in [6.07, 6.45) is 0. The molecule has 156 valence electrons. The van der Waals surface area contributed by atoms with Gasteiger partial charge in [-0.3, -0.25) is 9.59 Å². The molecule has 3 rings (SSSR count). The van der Waals surface area contributed by atoms with Gasteiger partial charge in [-0.05, 0) is 31.2 Å². The molecule has 1 aromatic heterocycles. The Balaban J connectivity index is 1.47. The van der Waals surface area contributed by atoms with Gasteiger partial charge in [0.15, 0.2) is 23.5 Å². The molecule has 0 atom stereocenters. The fourth-order valence-corrected chi connectivity index (χ4v) is 2.71. The Morgan fingerprint density at radius 1 is 1.07 bits per heavy atom. The molecule has 2 aromatic carbocycles. The summed E-state index contributed by atoms with van der Waals surface area (Å²) in [6.45, 7) is 1.75. The Kier molecular flexibility index (Phi) is 6.69. The van der Waals surface area contributed by atoms with E-state index < -0.39 is 18.5 Å². The first-order chi connectivity index (χ1) is 14.5. The minimum absolute atomic E-state index is 0.207. The van der Waals surface area contributed by atoms with E-state index in [-0.39, 0.29) is 29.9 Å². The lowest BCUT2D eigenvalue weighted by molar-refractivity contribution is -0.124. The van der Waals surface area contributed by atoms with Gasteiger partial charge in [0.05, 0.1) is 19.0 Å². The Bertz CT molecular complexity index is 1120. The summed E-state index contributed by atoms with van der Waals surface area (Å²) >= 11 is 0. The minimum atomic E-state index is -0.894. The molecule has 0 radical (unpaired) electrons. The van der Waals surface area contributed by atoms with Crippen molar-refractivity contribution in [3.05, 3.63) is 70.1 Å². The molecule has 0 fully saturated rings. The maximum Gasteiger partial charge on any atom is 0.374 e. The highest BCUT2D eigenvalue weighted by Gasteiger charge is 2.15. The van der Waals surface area contributed by atoms with Crippen LogP contribution in [0, 0.1) is 6.92 Å². The van der Waals surface area contributed by atoms with Gasteiger partial charge in [-0.1, -0.05) is 23.8 Å². The zero-order valence-corrected chi connectivity index (χ0v) is 16.6. The number of hydrogen-bond donors (Lipinski definition) is 1. The van der Waals surface area contributed by atoms with E-state index in [1.807, 2.05) is 19.1 Å². The number of hydrogen-bond acceptors (Lipinski definition) is 7. The zero-order chi connectivity index (χ0) is 21.5. The van der Waals surface area contributed by atoms with Crippen molar-refractivity contribution in [3.8, 4) is 11.5 Å². The molecule has 0 aliphatic carbocycles. The maximum atomic E-state index is 12.2. The molecule has 30 heavy (non-hydrogen) atoms. The van der Waals surface area contributed by atoms with Crippen LogP contribution in [0.5, 0.6) is 11.5 Å². The normalized spacial score (nSPS) is 10.5. The minimum Gasteiger partial charge on any atom is -0.493 e. The number of fused-ring (bicyclic) bond motifs is 1. The van der Waals surface area contributed by atoms with E-state index in [1.54, 1.807) is 30.3 Å². The fourth-order valence-electron chi connectivity index (χ4n) is 2.71. The number of carbonyl (C=O) groups is 2. The number of amides is 1. The molecule has 1 heterocycles. The predicted octanol–water partition coefficient (Wildman–Crippen LogP) is 2.46. The first kappa shape index (κ1) is 20.9. The van der Waals surface area contributed by atoms with Crippen LogP contribution in [0.25, 0.3) is 11.0 Å². The molecule has 1 N–H and O–H groups in total. The summed E-state index contributed by atoms with van der Waals surface area (Å²) in [4.78, 5) is 36.2. The Hall–Kier alpha value is -3.81. The maximum absolute atomic E-state index is 12.2. The number of aryl methyl sites for hydroxylation is 1. The molecule has 1 amide bonds. The lowest BCUT2D eigenvalue weighted by Gasteiger charge is -2.11. The second-order valence-electron chi connectivity index (χ2n) is 6.40. The Labute approximate surface area is 172 Å². The lowest BCUT2D eigenvalue weighted by Crippen LogP contribution is -2.32. The van der Waals surface area contributed by atoms with Crippen molar-refractivity contribution in [3.63, 3.8) is 0 Å². The van der Waals surface area contributed by atoms with Gasteiger partial charge in [0.2, 0.25) is 5.76 Å². The SMILES string of the molecule is COc1ccccc1OCCNC(=O)COC(=O)c1cc(=O)c2cc(C)ccc2o1. The third kappa shape index (κ3) is 5.16. The molecule has 0 aliphatic rings. The number of methoxy groups -OCH3 is 1. The van der Waals surface area contributed by atoms with E-state index in [9.17, 15) is 14.4 Å². The van der Waals surface area contributed by atoms with Crippen LogP contribution in [-0.2, 0) is 9.53 Å². The number of esters is 1. The van der Waals surface area contributed by atoms with Gasteiger partial charge in [0.1, 0.15) is 12.2 Å². The lowest BCUT2D eigenvalue weighted by atomic mass is 10.1. The van der Waals surface area contributed by atoms with Crippen LogP contribution in [0.15, 0.2) is 57.7 Å². The van der Waals surface area contributed by atoms with E-state index in [0.717, 1.165) is 11.6 Å². The van der Waals surface area contributed by atoms with E-state index in [0.29, 0.717) is 16.9 Å². The Morgan fingerprint density at radius 3 is 2.60 bits per heavy atom. The molecule has 8 nitrogen and oxygen atoms in total. The van der Waals surface area contributed by atoms with Crippen molar-refractivity contribution in [2.45, 2.75) is 6.92 Å². The molecule has 0 spiro atoms. The van der Waals surface area contributed by atoms with Crippen LogP contribution in [-0.4, -0.2) is 38.7 Å². The summed E-state index contributed by atoms with van der Waals surface area (Å²) < 4.78 is 21.1. The van der Waals surface area contributed by atoms with E-state index in [2.05, 4.69) is 5.32 Å².